The van der Waals surface area contributed by atoms with Crippen LogP contribution in [0, 0.1) is 5.92 Å². The third-order valence-electron chi connectivity index (χ3n) is 5.31. The van der Waals surface area contributed by atoms with E-state index >= 15 is 0 Å². The van der Waals surface area contributed by atoms with Crippen molar-refractivity contribution in [1.29, 1.82) is 0 Å². The number of rotatable bonds is 7. The smallest absolute Gasteiger partial charge is 0.240 e. The second kappa shape index (κ2) is 8.40. The fourth-order valence-corrected chi connectivity index (χ4v) is 4.71. The number of carbonyl (C=O) groups excluding carboxylic acids is 1. The van der Waals surface area contributed by atoms with Gasteiger partial charge < -0.3 is 9.64 Å². The number of carbonyl (C=O) groups is 1. The summed E-state index contributed by atoms with van der Waals surface area (Å²) in [5.74, 6) is 0.683. The SMILES string of the molecule is CCOc1ccc(CNS(=O)(=O)c2ccc3c(c2)C(C)(C)CN3C(=O)C(C)C)cc1. The largest absolute Gasteiger partial charge is 0.494 e. The van der Waals surface area contributed by atoms with Crippen LogP contribution in [0.25, 0.3) is 0 Å². The molecule has 0 radical (unpaired) electrons. The molecule has 2 aromatic carbocycles. The highest BCUT2D eigenvalue weighted by Gasteiger charge is 2.39. The quantitative estimate of drug-likeness (QED) is 0.724. The van der Waals surface area contributed by atoms with E-state index in [9.17, 15) is 13.2 Å². The van der Waals surface area contributed by atoms with Crippen molar-refractivity contribution in [3.63, 3.8) is 0 Å². The zero-order valence-corrected chi connectivity index (χ0v) is 19.0. The van der Waals surface area contributed by atoms with Gasteiger partial charge in [0.2, 0.25) is 15.9 Å². The van der Waals surface area contributed by atoms with Crippen molar-refractivity contribution < 1.29 is 17.9 Å². The number of anilines is 1. The Kier molecular flexibility index (Phi) is 6.24. The van der Waals surface area contributed by atoms with E-state index < -0.39 is 10.0 Å². The van der Waals surface area contributed by atoms with Gasteiger partial charge in [0.15, 0.2) is 0 Å². The lowest BCUT2D eigenvalue weighted by atomic mass is 9.87. The highest BCUT2D eigenvalue weighted by atomic mass is 32.2. The number of ether oxygens (including phenoxy) is 1. The van der Waals surface area contributed by atoms with Gasteiger partial charge in [-0.25, -0.2) is 13.1 Å². The average molecular weight is 431 g/mol. The minimum Gasteiger partial charge on any atom is -0.494 e. The van der Waals surface area contributed by atoms with Crippen molar-refractivity contribution in [2.45, 2.75) is 51.5 Å². The van der Waals surface area contributed by atoms with Crippen molar-refractivity contribution >= 4 is 21.6 Å². The Morgan fingerprint density at radius 3 is 2.43 bits per heavy atom. The Morgan fingerprint density at radius 2 is 1.83 bits per heavy atom. The summed E-state index contributed by atoms with van der Waals surface area (Å²) in [6.07, 6.45) is 0. The number of hydrogen-bond donors (Lipinski definition) is 1. The average Bonchev–Trinajstić information content (AvgIpc) is 2.97. The summed E-state index contributed by atoms with van der Waals surface area (Å²) in [6, 6.07) is 12.3. The van der Waals surface area contributed by atoms with Gasteiger partial charge in [0.05, 0.1) is 11.5 Å². The van der Waals surface area contributed by atoms with Crippen LogP contribution in [0.2, 0.25) is 0 Å². The molecule has 2 aromatic rings. The maximum absolute atomic E-state index is 12.9. The summed E-state index contributed by atoms with van der Waals surface area (Å²) < 4.78 is 33.9. The van der Waals surface area contributed by atoms with Gasteiger partial charge in [-0.05, 0) is 48.4 Å². The fourth-order valence-electron chi connectivity index (χ4n) is 3.67. The first kappa shape index (κ1) is 22.3. The van der Waals surface area contributed by atoms with E-state index in [-0.39, 0.29) is 28.7 Å². The summed E-state index contributed by atoms with van der Waals surface area (Å²) in [4.78, 5) is 14.6. The van der Waals surface area contributed by atoms with Crippen molar-refractivity contribution in [1.82, 2.24) is 4.72 Å². The van der Waals surface area contributed by atoms with Gasteiger partial charge in [0.1, 0.15) is 5.75 Å². The summed E-state index contributed by atoms with van der Waals surface area (Å²) in [5, 5.41) is 0. The van der Waals surface area contributed by atoms with Gasteiger partial charge in [0.25, 0.3) is 0 Å². The summed E-state index contributed by atoms with van der Waals surface area (Å²) in [5.41, 5.74) is 2.20. The maximum Gasteiger partial charge on any atom is 0.240 e. The third-order valence-corrected chi connectivity index (χ3v) is 6.71. The summed E-state index contributed by atoms with van der Waals surface area (Å²) in [7, 11) is -3.69. The van der Waals surface area contributed by atoms with Crippen LogP contribution in [0.15, 0.2) is 47.4 Å². The van der Waals surface area contributed by atoms with Crippen molar-refractivity contribution in [2.24, 2.45) is 5.92 Å². The highest BCUT2D eigenvalue weighted by molar-refractivity contribution is 7.89. The molecule has 0 spiro atoms. The number of benzene rings is 2. The molecule has 0 fully saturated rings. The molecule has 1 aliphatic heterocycles. The first-order valence-corrected chi connectivity index (χ1v) is 11.7. The Balaban J connectivity index is 1.81. The Labute approximate surface area is 179 Å². The molecule has 30 heavy (non-hydrogen) atoms. The predicted molar refractivity (Wildman–Crippen MR) is 118 cm³/mol. The van der Waals surface area contributed by atoms with E-state index in [1.54, 1.807) is 23.1 Å². The topological polar surface area (TPSA) is 75.7 Å². The van der Waals surface area contributed by atoms with Gasteiger partial charge in [-0.2, -0.15) is 0 Å². The molecule has 1 aliphatic rings. The Morgan fingerprint density at radius 1 is 1.17 bits per heavy atom. The third kappa shape index (κ3) is 4.52. The first-order chi connectivity index (χ1) is 14.0. The lowest BCUT2D eigenvalue weighted by Gasteiger charge is -2.22. The predicted octanol–water partition coefficient (Wildman–Crippen LogP) is 3.84. The molecular weight excluding hydrogens is 400 g/mol. The van der Waals surface area contributed by atoms with Crippen LogP contribution >= 0.6 is 0 Å². The number of hydrogen-bond acceptors (Lipinski definition) is 4. The van der Waals surface area contributed by atoms with E-state index in [1.807, 2.05) is 58.9 Å². The first-order valence-electron chi connectivity index (χ1n) is 10.2. The van der Waals surface area contributed by atoms with Gasteiger partial charge in [-0.15, -0.1) is 0 Å². The van der Waals surface area contributed by atoms with Crippen LogP contribution in [-0.2, 0) is 26.8 Å². The molecule has 162 valence electrons. The van der Waals surface area contributed by atoms with E-state index in [4.69, 9.17) is 4.74 Å². The molecule has 6 nitrogen and oxygen atoms in total. The minimum absolute atomic E-state index is 0.0473. The second-order valence-corrected chi connectivity index (χ2v) is 10.3. The van der Waals surface area contributed by atoms with Gasteiger partial charge in [-0.3, -0.25) is 4.79 Å². The molecule has 0 unspecified atom stereocenters. The Hall–Kier alpha value is -2.38. The maximum atomic E-state index is 12.9. The number of nitrogens with one attached hydrogen (secondary N) is 1. The number of sulfonamides is 1. The monoisotopic (exact) mass is 430 g/mol. The molecule has 7 heteroatoms. The lowest BCUT2D eigenvalue weighted by Crippen LogP contribution is -2.36. The fraction of sp³-hybridized carbons (Fsp3) is 0.435. The van der Waals surface area contributed by atoms with Gasteiger partial charge in [0, 0.05) is 30.1 Å². The molecule has 1 amide bonds. The van der Waals surface area contributed by atoms with Crippen molar-refractivity contribution in [3.8, 4) is 5.75 Å². The molecule has 0 saturated heterocycles. The number of amides is 1. The van der Waals surface area contributed by atoms with E-state index in [0.29, 0.717) is 13.2 Å². The Bertz CT molecular complexity index is 1030. The summed E-state index contributed by atoms with van der Waals surface area (Å²) in [6.45, 7) is 11.0. The van der Waals surface area contributed by atoms with E-state index in [1.165, 1.54) is 0 Å². The van der Waals surface area contributed by atoms with Crippen LogP contribution in [-0.4, -0.2) is 27.5 Å². The standard InChI is InChI=1S/C23H30N2O4S/c1-6-29-18-9-7-17(8-10-18)14-24-30(27,28)19-11-12-21-20(13-19)23(4,5)15-25(21)22(26)16(2)3/h7-13,16,24H,6,14-15H2,1-5H3. The molecule has 1 N–H and O–H groups in total. The molecule has 0 atom stereocenters. The van der Waals surface area contributed by atoms with Crippen LogP contribution in [0.4, 0.5) is 5.69 Å². The normalized spacial score (nSPS) is 15.3. The molecule has 0 saturated carbocycles. The molecular formula is C23H30N2O4S. The van der Waals surface area contributed by atoms with Crippen LogP contribution in [0.1, 0.15) is 45.7 Å². The molecule has 3 rings (SSSR count). The van der Waals surface area contributed by atoms with Crippen LogP contribution < -0.4 is 14.4 Å². The second-order valence-electron chi connectivity index (χ2n) is 8.54. The van der Waals surface area contributed by atoms with Crippen molar-refractivity contribution in [2.75, 3.05) is 18.1 Å². The number of nitrogens with zero attached hydrogens (tertiary/aromatic N) is 1. The molecule has 0 aliphatic carbocycles. The molecule has 0 bridgehead atoms. The zero-order valence-electron chi connectivity index (χ0n) is 18.2. The molecule has 0 aromatic heterocycles. The van der Waals surface area contributed by atoms with E-state index in [2.05, 4.69) is 4.72 Å². The number of fused-ring (bicyclic) bond motifs is 1. The highest BCUT2D eigenvalue weighted by Crippen LogP contribution is 2.42. The zero-order chi connectivity index (χ0) is 22.1. The van der Waals surface area contributed by atoms with Crippen LogP contribution in [0.5, 0.6) is 5.75 Å². The lowest BCUT2D eigenvalue weighted by molar-refractivity contribution is -0.121. The van der Waals surface area contributed by atoms with Gasteiger partial charge in [-0.1, -0.05) is 39.8 Å². The minimum atomic E-state index is -3.69. The van der Waals surface area contributed by atoms with E-state index in [0.717, 1.165) is 22.6 Å². The summed E-state index contributed by atoms with van der Waals surface area (Å²) >= 11 is 0. The molecule has 1 heterocycles. The van der Waals surface area contributed by atoms with Crippen LogP contribution in [0.3, 0.4) is 0 Å². The van der Waals surface area contributed by atoms with Gasteiger partial charge >= 0.3 is 0 Å². The van der Waals surface area contributed by atoms with Crippen molar-refractivity contribution in [3.05, 3.63) is 53.6 Å².